The number of carbonyl (C=O) groups excluding carboxylic acids is 2. The molecule has 1 heterocycles. The van der Waals surface area contributed by atoms with Crippen LogP contribution >= 0.6 is 0 Å². The van der Waals surface area contributed by atoms with E-state index in [9.17, 15) is 9.59 Å². The monoisotopic (exact) mass is 374 g/mol. The molecule has 2 amide bonds. The van der Waals surface area contributed by atoms with Gasteiger partial charge in [-0.1, -0.05) is 19.1 Å². The van der Waals surface area contributed by atoms with Crippen LogP contribution in [-0.4, -0.2) is 16.8 Å². The molecule has 0 fully saturated rings. The van der Waals surface area contributed by atoms with Crippen molar-refractivity contribution < 1.29 is 9.59 Å². The molecule has 0 spiro atoms. The molecule has 142 valence electrons. The average Bonchev–Trinajstić information content (AvgIpc) is 2.70. The van der Waals surface area contributed by atoms with E-state index in [0.29, 0.717) is 5.69 Å². The lowest BCUT2D eigenvalue weighted by molar-refractivity contribution is -0.114. The van der Waals surface area contributed by atoms with E-state index in [-0.39, 0.29) is 11.8 Å². The average molecular weight is 374 g/mol. The second-order valence-corrected chi connectivity index (χ2v) is 6.32. The highest BCUT2D eigenvalue weighted by atomic mass is 16.2. The van der Waals surface area contributed by atoms with Gasteiger partial charge >= 0.3 is 0 Å². The van der Waals surface area contributed by atoms with Crippen LogP contribution < -0.4 is 16.0 Å². The van der Waals surface area contributed by atoms with Crippen molar-refractivity contribution in [1.29, 1.82) is 0 Å². The number of amides is 2. The minimum absolute atomic E-state index is 0.111. The number of pyridine rings is 1. The van der Waals surface area contributed by atoms with Crippen molar-refractivity contribution in [3.63, 3.8) is 0 Å². The summed E-state index contributed by atoms with van der Waals surface area (Å²) >= 11 is 0. The number of rotatable bonds is 6. The van der Waals surface area contributed by atoms with Crippen LogP contribution in [0.3, 0.4) is 0 Å². The summed E-state index contributed by atoms with van der Waals surface area (Å²) in [5, 5.41) is 8.77. The predicted molar refractivity (Wildman–Crippen MR) is 112 cm³/mol. The molecule has 0 aliphatic carbocycles. The number of aromatic nitrogens is 1. The maximum Gasteiger partial charge on any atom is 0.274 e. The molecule has 0 unspecified atom stereocenters. The van der Waals surface area contributed by atoms with Gasteiger partial charge in [0, 0.05) is 24.0 Å². The van der Waals surface area contributed by atoms with Gasteiger partial charge in [-0.25, -0.2) is 4.98 Å². The Kier molecular flexibility index (Phi) is 6.01. The second-order valence-electron chi connectivity index (χ2n) is 6.32. The number of benzene rings is 2. The van der Waals surface area contributed by atoms with E-state index in [1.54, 1.807) is 18.3 Å². The van der Waals surface area contributed by atoms with E-state index in [1.165, 1.54) is 12.5 Å². The summed E-state index contributed by atoms with van der Waals surface area (Å²) in [6.07, 6.45) is 2.57. The van der Waals surface area contributed by atoms with Crippen LogP contribution in [0.2, 0.25) is 0 Å². The molecule has 3 rings (SSSR count). The molecule has 0 saturated heterocycles. The van der Waals surface area contributed by atoms with Gasteiger partial charge in [0.1, 0.15) is 5.69 Å². The van der Waals surface area contributed by atoms with Gasteiger partial charge in [-0.2, -0.15) is 0 Å². The van der Waals surface area contributed by atoms with Crippen molar-refractivity contribution >= 4 is 34.6 Å². The van der Waals surface area contributed by atoms with Crippen molar-refractivity contribution in [3.8, 4) is 0 Å². The van der Waals surface area contributed by atoms with E-state index in [2.05, 4.69) is 27.9 Å². The van der Waals surface area contributed by atoms with Crippen molar-refractivity contribution in [2.45, 2.75) is 20.3 Å². The molecule has 0 aliphatic heterocycles. The largest absolute Gasteiger partial charge is 0.354 e. The first-order valence-electron chi connectivity index (χ1n) is 9.04. The van der Waals surface area contributed by atoms with E-state index in [0.717, 1.165) is 29.2 Å². The van der Waals surface area contributed by atoms with E-state index < -0.39 is 0 Å². The molecule has 2 aromatic carbocycles. The first kappa shape index (κ1) is 19.1. The zero-order valence-corrected chi connectivity index (χ0v) is 15.8. The van der Waals surface area contributed by atoms with Crippen molar-refractivity contribution in [2.75, 3.05) is 16.0 Å². The summed E-state index contributed by atoms with van der Waals surface area (Å²) in [6, 6.07) is 18.5. The van der Waals surface area contributed by atoms with Crippen molar-refractivity contribution in [3.05, 3.63) is 78.1 Å². The predicted octanol–water partition coefficient (Wildman–Crippen LogP) is 4.60. The van der Waals surface area contributed by atoms with Gasteiger partial charge in [0.15, 0.2) is 0 Å². The molecule has 6 heteroatoms. The van der Waals surface area contributed by atoms with Gasteiger partial charge in [-0.05, 0) is 60.5 Å². The Hall–Kier alpha value is -3.67. The maximum atomic E-state index is 12.3. The molecule has 1 aromatic heterocycles. The molecule has 3 N–H and O–H groups in total. The Bertz CT molecular complexity index is 949. The summed E-state index contributed by atoms with van der Waals surface area (Å²) in [4.78, 5) is 27.6. The zero-order valence-electron chi connectivity index (χ0n) is 15.8. The first-order valence-corrected chi connectivity index (χ1v) is 9.04. The molecule has 28 heavy (non-hydrogen) atoms. The Morgan fingerprint density at radius 1 is 0.786 bits per heavy atom. The zero-order chi connectivity index (χ0) is 19.9. The summed E-state index contributed by atoms with van der Waals surface area (Å²) < 4.78 is 0. The lowest BCUT2D eigenvalue weighted by Crippen LogP contribution is -2.13. The molecule has 0 atom stereocenters. The third-order valence-electron chi connectivity index (χ3n) is 4.11. The Morgan fingerprint density at radius 3 is 1.93 bits per heavy atom. The van der Waals surface area contributed by atoms with Crippen molar-refractivity contribution in [2.24, 2.45) is 0 Å². The Balaban J connectivity index is 1.60. The van der Waals surface area contributed by atoms with Crippen LogP contribution in [0.25, 0.3) is 0 Å². The molecule has 0 saturated carbocycles. The topological polar surface area (TPSA) is 83.1 Å². The Morgan fingerprint density at radius 2 is 1.36 bits per heavy atom. The SMILES string of the molecule is CCc1ccc(NC(=O)c2ccc(Nc3ccc(NC(C)=O)cc3)cn2)cc1. The summed E-state index contributed by atoms with van der Waals surface area (Å²) in [6.45, 7) is 3.56. The summed E-state index contributed by atoms with van der Waals surface area (Å²) in [5.74, 6) is -0.365. The number of nitrogens with zero attached hydrogens (tertiary/aromatic N) is 1. The summed E-state index contributed by atoms with van der Waals surface area (Å²) in [5.41, 5.74) is 4.64. The second kappa shape index (κ2) is 8.81. The fraction of sp³-hybridized carbons (Fsp3) is 0.136. The van der Waals surface area contributed by atoms with Crippen LogP contribution in [0.15, 0.2) is 66.9 Å². The lowest BCUT2D eigenvalue weighted by Gasteiger charge is -2.09. The van der Waals surface area contributed by atoms with Gasteiger partial charge in [0.05, 0.1) is 11.9 Å². The van der Waals surface area contributed by atoms with Crippen molar-refractivity contribution in [1.82, 2.24) is 4.98 Å². The number of aryl methyl sites for hydroxylation is 1. The van der Waals surface area contributed by atoms with Crippen LogP contribution in [0.5, 0.6) is 0 Å². The number of hydrogen-bond donors (Lipinski definition) is 3. The smallest absolute Gasteiger partial charge is 0.274 e. The van der Waals surface area contributed by atoms with E-state index in [1.807, 2.05) is 48.5 Å². The molecular weight excluding hydrogens is 352 g/mol. The van der Waals surface area contributed by atoms with Gasteiger partial charge in [-0.15, -0.1) is 0 Å². The van der Waals surface area contributed by atoms with E-state index in [4.69, 9.17) is 0 Å². The highest BCUT2D eigenvalue weighted by Crippen LogP contribution is 2.19. The third kappa shape index (κ3) is 5.17. The standard InChI is InChI=1S/C22H22N4O2/c1-3-16-4-6-19(7-5-16)26-22(28)21-13-12-20(14-23-21)25-18-10-8-17(9-11-18)24-15(2)27/h4-14,25H,3H2,1-2H3,(H,24,27)(H,26,28). The fourth-order valence-electron chi connectivity index (χ4n) is 2.63. The highest BCUT2D eigenvalue weighted by molar-refractivity contribution is 6.03. The minimum Gasteiger partial charge on any atom is -0.354 e. The molecule has 6 nitrogen and oxygen atoms in total. The number of nitrogens with one attached hydrogen (secondary N) is 3. The van der Waals surface area contributed by atoms with Crippen LogP contribution in [0, 0.1) is 0 Å². The normalized spacial score (nSPS) is 10.2. The lowest BCUT2D eigenvalue weighted by atomic mass is 10.1. The minimum atomic E-state index is -0.254. The van der Waals surface area contributed by atoms with E-state index >= 15 is 0 Å². The van der Waals surface area contributed by atoms with Gasteiger partial charge in [-0.3, -0.25) is 9.59 Å². The van der Waals surface area contributed by atoms with Gasteiger partial charge in [0.25, 0.3) is 5.91 Å². The van der Waals surface area contributed by atoms with Gasteiger partial charge < -0.3 is 16.0 Å². The molecule has 3 aromatic rings. The third-order valence-corrected chi connectivity index (χ3v) is 4.11. The quantitative estimate of drug-likeness (QED) is 0.589. The molecule has 0 radical (unpaired) electrons. The van der Waals surface area contributed by atoms with Crippen LogP contribution in [-0.2, 0) is 11.2 Å². The number of anilines is 4. The molecule has 0 bridgehead atoms. The first-order chi connectivity index (χ1) is 13.5. The maximum absolute atomic E-state index is 12.3. The van der Waals surface area contributed by atoms with Crippen LogP contribution in [0.4, 0.5) is 22.7 Å². The molecule has 0 aliphatic rings. The van der Waals surface area contributed by atoms with Crippen LogP contribution in [0.1, 0.15) is 29.9 Å². The highest BCUT2D eigenvalue weighted by Gasteiger charge is 2.08. The van der Waals surface area contributed by atoms with Gasteiger partial charge in [0.2, 0.25) is 5.91 Å². The number of hydrogen-bond acceptors (Lipinski definition) is 4. The number of carbonyl (C=O) groups is 2. The fourth-order valence-corrected chi connectivity index (χ4v) is 2.63. The molecular formula is C22H22N4O2. The summed E-state index contributed by atoms with van der Waals surface area (Å²) in [7, 11) is 0. The Labute approximate surface area is 164 Å².